The second-order valence-corrected chi connectivity index (χ2v) is 8.76. The summed E-state index contributed by atoms with van der Waals surface area (Å²) < 4.78 is 3.23. The lowest BCUT2D eigenvalue weighted by atomic mass is 10.1. The molecule has 2 amide bonds. The van der Waals surface area contributed by atoms with Crippen LogP contribution in [0.4, 0.5) is 5.69 Å². The zero-order valence-electron chi connectivity index (χ0n) is 17.9. The lowest BCUT2D eigenvalue weighted by Crippen LogP contribution is -2.21. The van der Waals surface area contributed by atoms with Gasteiger partial charge in [-0.25, -0.2) is 5.43 Å². The highest BCUT2D eigenvalue weighted by atomic mass is 127. The van der Waals surface area contributed by atoms with Gasteiger partial charge in [0.1, 0.15) is 0 Å². The molecule has 162 valence electrons. The summed E-state index contributed by atoms with van der Waals surface area (Å²) in [5.41, 5.74) is 6.61. The molecule has 32 heavy (non-hydrogen) atoms. The number of hydrogen-bond donors (Lipinski definition) is 2. The number of halogens is 1. The topological polar surface area (TPSA) is 75.5 Å². The van der Waals surface area contributed by atoms with Gasteiger partial charge >= 0.3 is 0 Å². The van der Waals surface area contributed by atoms with Crippen LogP contribution in [0.3, 0.4) is 0 Å². The number of benzene rings is 3. The summed E-state index contributed by atoms with van der Waals surface area (Å²) in [4.78, 5) is 24.7. The molecule has 0 fully saturated rings. The number of fused-ring (bicyclic) bond motifs is 3. The van der Waals surface area contributed by atoms with Crippen LogP contribution in [0.25, 0.3) is 21.8 Å². The number of carbonyl (C=O) groups is 2. The highest BCUT2D eigenvalue weighted by Crippen LogP contribution is 2.31. The Morgan fingerprint density at radius 3 is 2.53 bits per heavy atom. The van der Waals surface area contributed by atoms with E-state index in [0.717, 1.165) is 32.1 Å². The maximum atomic E-state index is 12.5. The standard InChI is InChI=1S/C25H23IN4O2/c1-3-30-22-10-5-4-9-20(22)21-15-19(11-12-23(21)30)27-24(31)13-16(2)28-29-25(32)17-7-6-8-18(26)14-17/h4-12,14-15H,3,13H2,1-2H3,(H,27,31)(H,29,32)/b28-16-. The first kappa shape index (κ1) is 22.0. The molecule has 3 aromatic carbocycles. The molecule has 0 unspecified atom stereocenters. The van der Waals surface area contributed by atoms with Gasteiger partial charge in [0.25, 0.3) is 5.91 Å². The smallest absolute Gasteiger partial charge is 0.271 e. The Kier molecular flexibility index (Phi) is 6.55. The Morgan fingerprint density at radius 1 is 0.969 bits per heavy atom. The van der Waals surface area contributed by atoms with Gasteiger partial charge < -0.3 is 9.88 Å². The summed E-state index contributed by atoms with van der Waals surface area (Å²) in [6.07, 6.45) is 0.0847. The molecule has 7 heteroatoms. The van der Waals surface area contributed by atoms with Gasteiger partial charge in [-0.1, -0.05) is 24.3 Å². The van der Waals surface area contributed by atoms with E-state index in [1.165, 1.54) is 5.52 Å². The Hall–Kier alpha value is -3.20. The lowest BCUT2D eigenvalue weighted by Gasteiger charge is -2.07. The van der Waals surface area contributed by atoms with E-state index in [9.17, 15) is 9.59 Å². The summed E-state index contributed by atoms with van der Waals surface area (Å²) in [6, 6.07) is 21.5. The fraction of sp³-hybridized carbons (Fsp3) is 0.160. The number of aromatic nitrogens is 1. The second kappa shape index (κ2) is 9.52. The highest BCUT2D eigenvalue weighted by molar-refractivity contribution is 14.1. The van der Waals surface area contributed by atoms with E-state index >= 15 is 0 Å². The van der Waals surface area contributed by atoms with E-state index in [0.29, 0.717) is 11.3 Å². The Labute approximate surface area is 199 Å². The molecule has 0 radical (unpaired) electrons. The number of anilines is 1. The van der Waals surface area contributed by atoms with E-state index in [2.05, 4.69) is 62.1 Å². The lowest BCUT2D eigenvalue weighted by molar-refractivity contribution is -0.115. The third-order valence-electron chi connectivity index (χ3n) is 5.22. The van der Waals surface area contributed by atoms with E-state index in [-0.39, 0.29) is 18.2 Å². The molecule has 0 spiro atoms. The van der Waals surface area contributed by atoms with Crippen molar-refractivity contribution in [3.8, 4) is 0 Å². The monoisotopic (exact) mass is 538 g/mol. The van der Waals surface area contributed by atoms with E-state index < -0.39 is 0 Å². The number of rotatable bonds is 6. The van der Waals surface area contributed by atoms with Crippen LogP contribution >= 0.6 is 22.6 Å². The van der Waals surface area contributed by atoms with Crippen molar-refractivity contribution in [3.63, 3.8) is 0 Å². The van der Waals surface area contributed by atoms with Crippen LogP contribution in [0.1, 0.15) is 30.6 Å². The number of nitrogens with zero attached hydrogens (tertiary/aromatic N) is 2. The number of carbonyl (C=O) groups excluding carboxylic acids is 2. The first-order chi connectivity index (χ1) is 15.5. The van der Waals surface area contributed by atoms with Crippen LogP contribution in [0.5, 0.6) is 0 Å². The molecule has 0 aliphatic heterocycles. The fourth-order valence-electron chi connectivity index (χ4n) is 3.79. The number of hydrazone groups is 1. The van der Waals surface area contributed by atoms with Gasteiger partial charge in [0.05, 0.1) is 6.42 Å². The largest absolute Gasteiger partial charge is 0.341 e. The Bertz CT molecular complexity index is 1360. The van der Waals surface area contributed by atoms with Gasteiger partial charge in [-0.05, 0) is 78.9 Å². The quantitative estimate of drug-likeness (QED) is 0.192. The molecule has 0 atom stereocenters. The summed E-state index contributed by atoms with van der Waals surface area (Å²) in [5, 5.41) is 9.28. The van der Waals surface area contributed by atoms with Crippen molar-refractivity contribution in [2.75, 3.05) is 5.32 Å². The van der Waals surface area contributed by atoms with Gasteiger partial charge in [0.15, 0.2) is 0 Å². The molecule has 4 rings (SSSR count). The van der Waals surface area contributed by atoms with Crippen LogP contribution in [0, 0.1) is 3.57 Å². The number of amides is 2. The van der Waals surface area contributed by atoms with Crippen molar-refractivity contribution >= 4 is 67.6 Å². The third-order valence-corrected chi connectivity index (χ3v) is 5.89. The van der Waals surface area contributed by atoms with Crippen molar-refractivity contribution in [1.29, 1.82) is 0 Å². The van der Waals surface area contributed by atoms with Gasteiger partial charge in [-0.15, -0.1) is 0 Å². The van der Waals surface area contributed by atoms with Crippen molar-refractivity contribution in [1.82, 2.24) is 9.99 Å². The zero-order chi connectivity index (χ0) is 22.7. The van der Waals surface area contributed by atoms with Crippen molar-refractivity contribution in [2.24, 2.45) is 5.10 Å². The Balaban J connectivity index is 1.45. The minimum absolute atomic E-state index is 0.0847. The van der Waals surface area contributed by atoms with E-state index in [1.807, 2.05) is 42.5 Å². The summed E-state index contributed by atoms with van der Waals surface area (Å²) in [5.74, 6) is -0.491. The molecular formula is C25H23IN4O2. The Morgan fingerprint density at radius 2 is 1.75 bits per heavy atom. The average molecular weight is 538 g/mol. The summed E-state index contributed by atoms with van der Waals surface area (Å²) in [7, 11) is 0. The predicted molar refractivity (Wildman–Crippen MR) is 138 cm³/mol. The predicted octanol–water partition coefficient (Wildman–Crippen LogP) is 5.55. The number of nitrogens with one attached hydrogen (secondary N) is 2. The van der Waals surface area contributed by atoms with Crippen molar-refractivity contribution in [3.05, 3.63) is 75.9 Å². The SMILES string of the molecule is CCn1c2ccccc2c2cc(NC(=O)C/C(C)=N\NC(=O)c3cccc(I)c3)ccc21. The number of aryl methyl sites for hydroxylation is 1. The van der Waals surface area contributed by atoms with Crippen LogP contribution in [0.15, 0.2) is 71.8 Å². The molecule has 1 heterocycles. The molecule has 6 nitrogen and oxygen atoms in total. The molecular weight excluding hydrogens is 515 g/mol. The molecule has 0 saturated heterocycles. The molecule has 4 aromatic rings. The van der Waals surface area contributed by atoms with Gasteiger partial charge in [-0.2, -0.15) is 5.10 Å². The van der Waals surface area contributed by atoms with Gasteiger partial charge in [0.2, 0.25) is 5.91 Å². The molecule has 0 aliphatic carbocycles. The zero-order valence-corrected chi connectivity index (χ0v) is 20.0. The molecule has 0 saturated carbocycles. The summed E-state index contributed by atoms with van der Waals surface area (Å²) >= 11 is 2.15. The maximum absolute atomic E-state index is 12.5. The fourth-order valence-corrected chi connectivity index (χ4v) is 4.33. The van der Waals surface area contributed by atoms with Crippen LogP contribution in [0.2, 0.25) is 0 Å². The second-order valence-electron chi connectivity index (χ2n) is 7.52. The van der Waals surface area contributed by atoms with Crippen LogP contribution in [-0.2, 0) is 11.3 Å². The average Bonchev–Trinajstić information content (AvgIpc) is 3.10. The number of hydrogen-bond acceptors (Lipinski definition) is 3. The van der Waals surface area contributed by atoms with Gasteiger partial charge in [0, 0.05) is 48.9 Å². The molecule has 1 aromatic heterocycles. The maximum Gasteiger partial charge on any atom is 0.271 e. The summed E-state index contributed by atoms with van der Waals surface area (Å²) in [6.45, 7) is 4.72. The first-order valence-corrected chi connectivity index (χ1v) is 11.4. The minimum Gasteiger partial charge on any atom is -0.341 e. The van der Waals surface area contributed by atoms with E-state index in [4.69, 9.17) is 0 Å². The third kappa shape index (κ3) is 4.67. The van der Waals surface area contributed by atoms with Crippen LogP contribution in [-0.4, -0.2) is 22.1 Å². The van der Waals surface area contributed by atoms with Gasteiger partial charge in [-0.3, -0.25) is 9.59 Å². The first-order valence-electron chi connectivity index (χ1n) is 10.4. The van der Waals surface area contributed by atoms with Crippen LogP contribution < -0.4 is 10.7 Å². The van der Waals surface area contributed by atoms with Crippen molar-refractivity contribution in [2.45, 2.75) is 26.8 Å². The van der Waals surface area contributed by atoms with E-state index in [1.54, 1.807) is 19.1 Å². The minimum atomic E-state index is -0.305. The van der Waals surface area contributed by atoms with Crippen molar-refractivity contribution < 1.29 is 9.59 Å². The normalized spacial score (nSPS) is 11.7. The highest BCUT2D eigenvalue weighted by Gasteiger charge is 2.12. The number of para-hydroxylation sites is 1. The molecule has 2 N–H and O–H groups in total. The molecule has 0 bridgehead atoms. The molecule has 0 aliphatic rings.